The predicted octanol–water partition coefficient (Wildman–Crippen LogP) is 2.53. The summed E-state index contributed by atoms with van der Waals surface area (Å²) >= 11 is 0. The number of ether oxygens (including phenoxy) is 2. The molecular weight excluding hydrogens is 272 g/mol. The zero-order chi connectivity index (χ0) is 15.0. The lowest BCUT2D eigenvalue weighted by Crippen LogP contribution is -2.19. The van der Waals surface area contributed by atoms with Crippen LogP contribution in [0.3, 0.4) is 0 Å². The Morgan fingerprint density at radius 3 is 2.71 bits per heavy atom. The van der Waals surface area contributed by atoms with Crippen LogP contribution in [0.5, 0.6) is 28.7 Å². The van der Waals surface area contributed by atoms with E-state index in [1.807, 2.05) is 6.07 Å². The largest absolute Gasteiger partial charge is 0.508 e. The predicted molar refractivity (Wildman–Crippen MR) is 76.4 cm³/mol. The van der Waals surface area contributed by atoms with Gasteiger partial charge >= 0.3 is 0 Å². The Kier molecular flexibility index (Phi) is 3.25. The highest BCUT2D eigenvalue weighted by Crippen LogP contribution is 2.44. The van der Waals surface area contributed by atoms with E-state index in [2.05, 4.69) is 0 Å². The van der Waals surface area contributed by atoms with E-state index in [9.17, 15) is 15.3 Å². The minimum absolute atomic E-state index is 0.0449. The number of fused-ring (bicyclic) bond motifs is 1. The molecule has 0 saturated carbocycles. The normalized spacial score (nSPS) is 16.9. The number of aromatic hydroxyl groups is 3. The summed E-state index contributed by atoms with van der Waals surface area (Å²) in [6.07, 6.45) is 0.678. The molecule has 5 heteroatoms. The van der Waals surface area contributed by atoms with Gasteiger partial charge in [-0.25, -0.2) is 0 Å². The van der Waals surface area contributed by atoms with E-state index < -0.39 is 0 Å². The van der Waals surface area contributed by atoms with Crippen molar-refractivity contribution in [2.45, 2.75) is 12.3 Å². The topological polar surface area (TPSA) is 79.2 Å². The van der Waals surface area contributed by atoms with Gasteiger partial charge in [0.2, 0.25) is 5.75 Å². The molecule has 110 valence electrons. The van der Waals surface area contributed by atoms with E-state index >= 15 is 0 Å². The molecule has 3 rings (SSSR count). The maximum atomic E-state index is 10.2. The van der Waals surface area contributed by atoms with E-state index in [1.165, 1.54) is 13.2 Å². The third-order valence-electron chi connectivity index (χ3n) is 3.74. The van der Waals surface area contributed by atoms with E-state index in [0.717, 1.165) is 5.56 Å². The van der Waals surface area contributed by atoms with Crippen molar-refractivity contribution >= 4 is 0 Å². The van der Waals surface area contributed by atoms with Gasteiger partial charge in [-0.15, -0.1) is 0 Å². The van der Waals surface area contributed by atoms with Crippen molar-refractivity contribution in [3.63, 3.8) is 0 Å². The van der Waals surface area contributed by atoms with Crippen molar-refractivity contribution in [3.05, 3.63) is 41.5 Å². The molecule has 1 aliphatic heterocycles. The number of methoxy groups -OCH3 is 1. The Morgan fingerprint density at radius 2 is 1.95 bits per heavy atom. The van der Waals surface area contributed by atoms with Gasteiger partial charge in [0.1, 0.15) is 11.5 Å². The molecule has 0 fully saturated rings. The molecule has 5 nitrogen and oxygen atoms in total. The van der Waals surface area contributed by atoms with Crippen molar-refractivity contribution in [3.8, 4) is 28.7 Å². The van der Waals surface area contributed by atoms with Gasteiger partial charge in [0, 0.05) is 17.5 Å². The second-order valence-electron chi connectivity index (χ2n) is 5.06. The fraction of sp³-hybridized carbons (Fsp3) is 0.250. The fourth-order valence-corrected chi connectivity index (χ4v) is 2.67. The second-order valence-corrected chi connectivity index (χ2v) is 5.06. The monoisotopic (exact) mass is 288 g/mol. The van der Waals surface area contributed by atoms with Crippen LogP contribution in [0, 0.1) is 0 Å². The Bertz CT molecular complexity index is 681. The van der Waals surface area contributed by atoms with Crippen molar-refractivity contribution in [2.75, 3.05) is 13.7 Å². The molecule has 0 spiro atoms. The zero-order valence-electron chi connectivity index (χ0n) is 11.5. The fourth-order valence-electron chi connectivity index (χ4n) is 2.67. The smallest absolute Gasteiger partial charge is 0.203 e. The van der Waals surface area contributed by atoms with Crippen molar-refractivity contribution < 1.29 is 24.8 Å². The minimum Gasteiger partial charge on any atom is -0.508 e. The van der Waals surface area contributed by atoms with Crippen LogP contribution in [0.4, 0.5) is 0 Å². The molecule has 1 unspecified atom stereocenters. The number of benzene rings is 2. The summed E-state index contributed by atoms with van der Waals surface area (Å²) in [5.41, 5.74) is 1.64. The number of rotatable bonds is 2. The quantitative estimate of drug-likeness (QED) is 0.791. The van der Waals surface area contributed by atoms with Crippen LogP contribution >= 0.6 is 0 Å². The van der Waals surface area contributed by atoms with Gasteiger partial charge in [0.15, 0.2) is 11.5 Å². The van der Waals surface area contributed by atoms with Gasteiger partial charge in [-0.1, -0.05) is 12.1 Å². The van der Waals surface area contributed by atoms with Crippen LogP contribution in [-0.4, -0.2) is 29.0 Å². The summed E-state index contributed by atoms with van der Waals surface area (Å²) < 4.78 is 10.7. The summed E-state index contributed by atoms with van der Waals surface area (Å²) in [4.78, 5) is 0. The molecule has 2 aromatic carbocycles. The average Bonchev–Trinajstić information content (AvgIpc) is 2.47. The van der Waals surface area contributed by atoms with E-state index in [0.29, 0.717) is 24.3 Å². The maximum Gasteiger partial charge on any atom is 0.203 e. The molecule has 0 radical (unpaired) electrons. The first-order chi connectivity index (χ1) is 10.1. The molecule has 1 atom stereocenters. The molecule has 0 saturated heterocycles. The molecule has 0 bridgehead atoms. The van der Waals surface area contributed by atoms with E-state index in [4.69, 9.17) is 9.47 Å². The van der Waals surface area contributed by atoms with Crippen LogP contribution < -0.4 is 9.47 Å². The lowest BCUT2D eigenvalue weighted by Gasteiger charge is -2.26. The number of phenols is 3. The van der Waals surface area contributed by atoms with Gasteiger partial charge in [-0.2, -0.15) is 0 Å². The highest BCUT2D eigenvalue weighted by molar-refractivity contribution is 5.56. The van der Waals surface area contributed by atoms with Crippen LogP contribution in [-0.2, 0) is 6.42 Å². The van der Waals surface area contributed by atoms with E-state index in [1.54, 1.807) is 18.2 Å². The van der Waals surface area contributed by atoms with Gasteiger partial charge < -0.3 is 24.8 Å². The van der Waals surface area contributed by atoms with Crippen molar-refractivity contribution in [1.82, 2.24) is 0 Å². The van der Waals surface area contributed by atoms with Crippen LogP contribution in [0.1, 0.15) is 17.0 Å². The third kappa shape index (κ3) is 2.31. The first-order valence-corrected chi connectivity index (χ1v) is 6.63. The molecule has 2 aromatic rings. The molecule has 21 heavy (non-hydrogen) atoms. The summed E-state index contributed by atoms with van der Waals surface area (Å²) in [5.74, 6) is 0.701. The molecule has 0 aliphatic carbocycles. The zero-order valence-corrected chi connectivity index (χ0v) is 11.5. The number of hydrogen-bond donors (Lipinski definition) is 3. The molecule has 0 amide bonds. The highest BCUT2D eigenvalue weighted by atomic mass is 16.5. The Morgan fingerprint density at radius 1 is 1.14 bits per heavy atom. The molecule has 0 aromatic heterocycles. The molecule has 3 N–H and O–H groups in total. The second kappa shape index (κ2) is 5.09. The standard InChI is InChI=1S/C16H16O5/c1-20-16-13(18)5-4-12(15(16)19)10-6-9-2-3-11(17)7-14(9)21-8-10/h2-5,7,10,17-19H,6,8H2,1H3. The Balaban J connectivity index is 1.95. The van der Waals surface area contributed by atoms with Gasteiger partial charge in [0.05, 0.1) is 13.7 Å². The SMILES string of the molecule is COc1c(O)ccc(C2COc3cc(O)ccc3C2)c1O. The summed E-state index contributed by atoms with van der Waals surface area (Å²) in [6.45, 7) is 0.387. The Labute approximate surface area is 122 Å². The molecule has 1 aliphatic rings. The van der Waals surface area contributed by atoms with Crippen LogP contribution in [0.25, 0.3) is 0 Å². The van der Waals surface area contributed by atoms with Crippen molar-refractivity contribution in [2.24, 2.45) is 0 Å². The minimum atomic E-state index is -0.0965. The lowest BCUT2D eigenvalue weighted by molar-refractivity contribution is 0.256. The van der Waals surface area contributed by atoms with Gasteiger partial charge in [-0.05, 0) is 24.1 Å². The lowest BCUT2D eigenvalue weighted by atomic mass is 9.89. The third-order valence-corrected chi connectivity index (χ3v) is 3.74. The van der Waals surface area contributed by atoms with Crippen LogP contribution in [0.2, 0.25) is 0 Å². The van der Waals surface area contributed by atoms with E-state index in [-0.39, 0.29) is 28.9 Å². The number of phenolic OH excluding ortho intramolecular Hbond substituents is 3. The Hall–Kier alpha value is -2.56. The first-order valence-electron chi connectivity index (χ1n) is 6.63. The highest BCUT2D eigenvalue weighted by Gasteiger charge is 2.26. The van der Waals surface area contributed by atoms with Crippen LogP contribution in [0.15, 0.2) is 30.3 Å². The maximum absolute atomic E-state index is 10.2. The van der Waals surface area contributed by atoms with Gasteiger partial charge in [-0.3, -0.25) is 0 Å². The molecule has 1 heterocycles. The summed E-state index contributed by atoms with van der Waals surface area (Å²) in [6, 6.07) is 8.18. The van der Waals surface area contributed by atoms with Crippen molar-refractivity contribution in [1.29, 1.82) is 0 Å². The van der Waals surface area contributed by atoms with Gasteiger partial charge in [0.25, 0.3) is 0 Å². The number of hydrogen-bond acceptors (Lipinski definition) is 5. The summed E-state index contributed by atoms with van der Waals surface area (Å²) in [7, 11) is 1.40. The first kappa shape index (κ1) is 13.4. The molecular formula is C16H16O5. The average molecular weight is 288 g/mol. The summed E-state index contributed by atoms with van der Waals surface area (Å²) in [5, 5.41) is 29.3.